The normalized spacial score (nSPS) is 16.5. The summed E-state index contributed by atoms with van der Waals surface area (Å²) in [5.74, 6) is 0.126. The molecule has 0 aliphatic heterocycles. The Morgan fingerprint density at radius 2 is 1.50 bits per heavy atom. The Morgan fingerprint density at radius 3 is 2.05 bits per heavy atom. The fourth-order valence-electron chi connectivity index (χ4n) is 5.15. The van der Waals surface area contributed by atoms with Crippen molar-refractivity contribution in [1.29, 1.82) is 0 Å². The molecule has 1 aliphatic rings. The van der Waals surface area contributed by atoms with Crippen molar-refractivity contribution in [1.82, 2.24) is 25.0 Å². The van der Waals surface area contributed by atoms with Crippen LogP contribution in [0.3, 0.4) is 0 Å². The van der Waals surface area contributed by atoms with Gasteiger partial charge in [-0.05, 0) is 37.1 Å². The third-order valence-corrected chi connectivity index (χ3v) is 7.27. The zero-order valence-corrected chi connectivity index (χ0v) is 22.9. The van der Waals surface area contributed by atoms with Gasteiger partial charge in [-0.3, -0.25) is 0 Å². The molecule has 12 heteroatoms. The van der Waals surface area contributed by atoms with Gasteiger partial charge in [-0.25, -0.2) is 23.4 Å². The SMILES string of the molecule is COc1ccc(CN(Cc2ccc(OC)cc2OC)c2ncnc3c2nnn3C2CCCCC2(F)F)c(OC)c1. The van der Waals surface area contributed by atoms with Crippen LogP contribution in [-0.2, 0) is 13.1 Å². The molecule has 0 saturated heterocycles. The number of alkyl halides is 2. The lowest BCUT2D eigenvalue weighted by molar-refractivity contribution is -0.0811. The highest BCUT2D eigenvalue weighted by Crippen LogP contribution is 2.42. The molecule has 1 fully saturated rings. The first-order chi connectivity index (χ1) is 19.4. The van der Waals surface area contributed by atoms with Crippen LogP contribution in [0.25, 0.3) is 11.2 Å². The smallest absolute Gasteiger partial charge is 0.270 e. The van der Waals surface area contributed by atoms with E-state index in [1.807, 2.05) is 29.2 Å². The van der Waals surface area contributed by atoms with Crippen molar-refractivity contribution < 1.29 is 27.7 Å². The number of fused-ring (bicyclic) bond motifs is 1. The number of aromatic nitrogens is 5. The highest BCUT2D eigenvalue weighted by Gasteiger charge is 2.44. The van der Waals surface area contributed by atoms with Crippen LogP contribution in [0.4, 0.5) is 14.6 Å². The molecule has 0 bridgehead atoms. The minimum atomic E-state index is -2.89. The molecular formula is C28H32F2N6O4. The number of benzene rings is 2. The molecule has 0 N–H and O–H groups in total. The van der Waals surface area contributed by atoms with E-state index in [0.717, 1.165) is 11.1 Å². The number of hydrogen-bond donors (Lipinski definition) is 0. The maximum absolute atomic E-state index is 14.9. The number of hydrogen-bond acceptors (Lipinski definition) is 9. The van der Waals surface area contributed by atoms with E-state index in [1.165, 1.54) is 11.0 Å². The molecule has 0 amide bonds. The van der Waals surface area contributed by atoms with Gasteiger partial charge in [0.25, 0.3) is 5.92 Å². The molecular weight excluding hydrogens is 522 g/mol. The Morgan fingerprint density at radius 1 is 0.875 bits per heavy atom. The van der Waals surface area contributed by atoms with E-state index >= 15 is 0 Å². The van der Waals surface area contributed by atoms with Crippen molar-refractivity contribution in [3.8, 4) is 23.0 Å². The summed E-state index contributed by atoms with van der Waals surface area (Å²) in [5.41, 5.74) is 2.32. The van der Waals surface area contributed by atoms with Crippen LogP contribution in [0.2, 0.25) is 0 Å². The summed E-state index contributed by atoms with van der Waals surface area (Å²) in [6.45, 7) is 0.696. The molecule has 0 spiro atoms. The lowest BCUT2D eigenvalue weighted by Gasteiger charge is -2.31. The van der Waals surface area contributed by atoms with E-state index in [9.17, 15) is 8.78 Å². The molecule has 40 heavy (non-hydrogen) atoms. The van der Waals surface area contributed by atoms with E-state index in [4.69, 9.17) is 18.9 Å². The summed E-state index contributed by atoms with van der Waals surface area (Å²) in [7, 11) is 6.36. The predicted octanol–water partition coefficient (Wildman–Crippen LogP) is 5.21. The van der Waals surface area contributed by atoms with Gasteiger partial charge in [0.1, 0.15) is 35.4 Å². The molecule has 2 heterocycles. The van der Waals surface area contributed by atoms with Gasteiger partial charge < -0.3 is 23.8 Å². The summed E-state index contributed by atoms with van der Waals surface area (Å²) in [6, 6.07) is 10.0. The van der Waals surface area contributed by atoms with Crippen molar-refractivity contribution in [2.24, 2.45) is 0 Å². The minimum Gasteiger partial charge on any atom is -0.497 e. The molecule has 1 saturated carbocycles. The van der Waals surface area contributed by atoms with Gasteiger partial charge >= 0.3 is 0 Å². The maximum Gasteiger partial charge on any atom is 0.270 e. The molecule has 1 aliphatic carbocycles. The summed E-state index contributed by atoms with van der Waals surface area (Å²) in [5, 5.41) is 8.47. The lowest BCUT2D eigenvalue weighted by Crippen LogP contribution is -2.34. The molecule has 4 aromatic rings. The van der Waals surface area contributed by atoms with Gasteiger partial charge in [-0.2, -0.15) is 0 Å². The maximum atomic E-state index is 14.9. The second-order valence-electron chi connectivity index (χ2n) is 9.64. The van der Waals surface area contributed by atoms with Gasteiger partial charge in [0, 0.05) is 42.8 Å². The van der Waals surface area contributed by atoms with Crippen molar-refractivity contribution in [2.45, 2.75) is 50.7 Å². The molecule has 1 unspecified atom stereocenters. The van der Waals surface area contributed by atoms with Crippen LogP contribution < -0.4 is 23.8 Å². The van der Waals surface area contributed by atoms with Crippen LogP contribution in [0.1, 0.15) is 42.9 Å². The summed E-state index contributed by atoms with van der Waals surface area (Å²) < 4.78 is 53.1. The van der Waals surface area contributed by atoms with Crippen LogP contribution in [-0.4, -0.2) is 59.3 Å². The summed E-state index contributed by atoms with van der Waals surface area (Å²) in [6.07, 6.45) is 2.66. The van der Waals surface area contributed by atoms with Gasteiger partial charge in [-0.1, -0.05) is 11.6 Å². The predicted molar refractivity (Wildman–Crippen MR) is 145 cm³/mol. The van der Waals surface area contributed by atoms with Gasteiger partial charge in [0.15, 0.2) is 17.0 Å². The number of halogens is 2. The molecule has 0 radical (unpaired) electrons. The Bertz CT molecular complexity index is 1420. The molecule has 212 valence electrons. The van der Waals surface area contributed by atoms with E-state index in [2.05, 4.69) is 20.3 Å². The fraction of sp³-hybridized carbons (Fsp3) is 0.429. The fourth-order valence-corrected chi connectivity index (χ4v) is 5.15. The van der Waals surface area contributed by atoms with Crippen LogP contribution in [0.15, 0.2) is 42.7 Å². The van der Waals surface area contributed by atoms with Crippen molar-refractivity contribution >= 4 is 17.0 Å². The summed E-state index contributed by atoms with van der Waals surface area (Å²) in [4.78, 5) is 10.9. The van der Waals surface area contributed by atoms with Gasteiger partial charge in [0.2, 0.25) is 0 Å². The quantitative estimate of drug-likeness (QED) is 0.262. The first-order valence-electron chi connectivity index (χ1n) is 13.0. The van der Waals surface area contributed by atoms with Crippen molar-refractivity contribution in [3.05, 3.63) is 53.9 Å². The highest BCUT2D eigenvalue weighted by molar-refractivity contribution is 5.82. The van der Waals surface area contributed by atoms with Crippen LogP contribution in [0, 0.1) is 0 Å². The van der Waals surface area contributed by atoms with E-state index in [-0.39, 0.29) is 12.1 Å². The van der Waals surface area contributed by atoms with E-state index in [1.54, 1.807) is 40.6 Å². The number of ether oxygens (including phenoxy) is 4. The third kappa shape index (κ3) is 5.30. The summed E-state index contributed by atoms with van der Waals surface area (Å²) >= 11 is 0. The molecule has 2 aromatic heterocycles. The standard InChI is InChI=1S/C28H32F2N6O4/c1-37-20-10-8-18(22(13-20)39-3)15-35(16-19-9-11-21(38-2)14-23(19)40-4)26-25-27(32-17-31-26)36(34-33-25)24-7-5-6-12-28(24,29)30/h8-11,13-14,17,24H,5-7,12,15-16H2,1-4H3. The Kier molecular flexibility index (Phi) is 7.85. The van der Waals surface area contributed by atoms with E-state index in [0.29, 0.717) is 66.7 Å². The molecule has 1 atom stereocenters. The Labute approximate surface area is 230 Å². The number of rotatable bonds is 10. The largest absolute Gasteiger partial charge is 0.497 e. The van der Waals surface area contributed by atoms with Crippen molar-refractivity contribution in [2.75, 3.05) is 33.3 Å². The first-order valence-corrected chi connectivity index (χ1v) is 13.0. The number of anilines is 1. The average Bonchev–Trinajstić information content (AvgIpc) is 3.40. The second kappa shape index (κ2) is 11.5. The zero-order chi connectivity index (χ0) is 28.3. The highest BCUT2D eigenvalue weighted by atomic mass is 19.3. The van der Waals surface area contributed by atoms with E-state index < -0.39 is 12.0 Å². The van der Waals surface area contributed by atoms with Gasteiger partial charge in [0.05, 0.1) is 28.4 Å². The molecule has 5 rings (SSSR count). The van der Waals surface area contributed by atoms with Crippen LogP contribution in [0.5, 0.6) is 23.0 Å². The second-order valence-corrected chi connectivity index (χ2v) is 9.64. The lowest BCUT2D eigenvalue weighted by atomic mass is 9.91. The number of nitrogens with zero attached hydrogens (tertiary/aromatic N) is 6. The Hall–Kier alpha value is -4.22. The first kappa shape index (κ1) is 27.4. The topological polar surface area (TPSA) is 96.7 Å². The Balaban J connectivity index is 1.60. The molecule has 10 nitrogen and oxygen atoms in total. The monoisotopic (exact) mass is 554 g/mol. The third-order valence-electron chi connectivity index (χ3n) is 7.27. The van der Waals surface area contributed by atoms with Crippen molar-refractivity contribution in [3.63, 3.8) is 0 Å². The molecule has 2 aromatic carbocycles. The van der Waals surface area contributed by atoms with Crippen LogP contribution >= 0.6 is 0 Å². The average molecular weight is 555 g/mol. The van der Waals surface area contributed by atoms with Gasteiger partial charge in [-0.15, -0.1) is 5.10 Å². The zero-order valence-electron chi connectivity index (χ0n) is 22.9. The number of methoxy groups -OCH3 is 4. The minimum absolute atomic E-state index is 0.183.